The summed E-state index contributed by atoms with van der Waals surface area (Å²) < 4.78 is 25.7. The largest absolute Gasteiger partial charge is 0.353 e. The number of benzene rings is 1. The first-order valence-corrected chi connectivity index (χ1v) is 10.5. The number of nitrogens with zero attached hydrogens (tertiary/aromatic N) is 1. The zero-order valence-electron chi connectivity index (χ0n) is 14.8. The molecule has 0 aromatic heterocycles. The highest BCUT2D eigenvalue weighted by Gasteiger charge is 2.21. The highest BCUT2D eigenvalue weighted by molar-refractivity contribution is 7.92. The van der Waals surface area contributed by atoms with Crippen LogP contribution < -0.4 is 9.62 Å². The molecular weight excluding hydrogens is 324 g/mol. The number of sulfonamides is 1. The third kappa shape index (κ3) is 5.23. The summed E-state index contributed by atoms with van der Waals surface area (Å²) in [5.41, 5.74) is 2.54. The van der Waals surface area contributed by atoms with Crippen LogP contribution in [0.3, 0.4) is 0 Å². The van der Waals surface area contributed by atoms with Gasteiger partial charge in [-0.1, -0.05) is 31.4 Å². The maximum absolute atomic E-state index is 12.2. The Morgan fingerprint density at radius 3 is 2.50 bits per heavy atom. The van der Waals surface area contributed by atoms with Crippen LogP contribution >= 0.6 is 0 Å². The van der Waals surface area contributed by atoms with Gasteiger partial charge in [-0.25, -0.2) is 8.42 Å². The molecule has 0 saturated heterocycles. The molecule has 1 N–H and O–H groups in total. The van der Waals surface area contributed by atoms with Crippen molar-refractivity contribution < 1.29 is 13.2 Å². The molecule has 1 aliphatic rings. The molecule has 1 saturated carbocycles. The van der Waals surface area contributed by atoms with Crippen LogP contribution in [0.2, 0.25) is 0 Å². The average Bonchev–Trinajstić information content (AvgIpc) is 2.50. The standard InChI is InChI=1S/C18H28N2O3S/c1-14-9-10-15(2)17(13-14)20(24(3,22)23)12-11-18(21)19-16-7-5-4-6-8-16/h9-10,13,16H,4-8,11-12H2,1-3H3,(H,19,21). The summed E-state index contributed by atoms with van der Waals surface area (Å²) >= 11 is 0. The fourth-order valence-electron chi connectivity index (χ4n) is 3.20. The van der Waals surface area contributed by atoms with Crippen LogP contribution in [0, 0.1) is 13.8 Å². The number of hydrogen-bond donors (Lipinski definition) is 1. The summed E-state index contributed by atoms with van der Waals surface area (Å²) in [6.45, 7) is 3.98. The first-order valence-electron chi connectivity index (χ1n) is 8.61. The quantitative estimate of drug-likeness (QED) is 0.856. The van der Waals surface area contributed by atoms with E-state index in [1.165, 1.54) is 17.0 Å². The topological polar surface area (TPSA) is 66.5 Å². The minimum atomic E-state index is -3.43. The Hall–Kier alpha value is -1.56. The molecule has 1 amide bonds. The van der Waals surface area contributed by atoms with Crippen molar-refractivity contribution in [3.63, 3.8) is 0 Å². The molecule has 134 valence electrons. The van der Waals surface area contributed by atoms with Gasteiger partial charge in [0.05, 0.1) is 11.9 Å². The van der Waals surface area contributed by atoms with Gasteiger partial charge in [-0.2, -0.15) is 0 Å². The number of rotatable bonds is 6. The normalized spacial score (nSPS) is 16.0. The van der Waals surface area contributed by atoms with Crippen LogP contribution in [0.5, 0.6) is 0 Å². The van der Waals surface area contributed by atoms with Gasteiger partial charge in [-0.15, -0.1) is 0 Å². The maximum atomic E-state index is 12.2. The molecule has 1 fully saturated rings. The smallest absolute Gasteiger partial charge is 0.232 e. The molecule has 0 spiro atoms. The van der Waals surface area contributed by atoms with E-state index in [1.54, 1.807) is 0 Å². The first kappa shape index (κ1) is 18.8. The molecule has 5 nitrogen and oxygen atoms in total. The number of carbonyl (C=O) groups excluding carboxylic acids is 1. The Morgan fingerprint density at radius 2 is 1.88 bits per heavy atom. The molecule has 0 radical (unpaired) electrons. The molecule has 0 aliphatic heterocycles. The second-order valence-electron chi connectivity index (χ2n) is 6.78. The predicted molar refractivity (Wildman–Crippen MR) is 97.7 cm³/mol. The van der Waals surface area contributed by atoms with E-state index in [4.69, 9.17) is 0 Å². The molecule has 0 heterocycles. The lowest BCUT2D eigenvalue weighted by Gasteiger charge is -2.26. The van der Waals surface area contributed by atoms with E-state index in [0.29, 0.717) is 5.69 Å². The molecular formula is C18H28N2O3S. The Morgan fingerprint density at radius 1 is 1.21 bits per heavy atom. The van der Waals surface area contributed by atoms with Crippen molar-refractivity contribution >= 4 is 21.6 Å². The lowest BCUT2D eigenvalue weighted by atomic mass is 9.95. The van der Waals surface area contributed by atoms with Gasteiger partial charge < -0.3 is 5.32 Å². The monoisotopic (exact) mass is 352 g/mol. The number of anilines is 1. The zero-order valence-corrected chi connectivity index (χ0v) is 15.7. The third-order valence-corrected chi connectivity index (χ3v) is 5.73. The predicted octanol–water partition coefficient (Wildman–Crippen LogP) is 2.91. The first-order chi connectivity index (χ1) is 11.3. The number of nitrogens with one attached hydrogen (secondary N) is 1. The van der Waals surface area contributed by atoms with Crippen molar-refractivity contribution in [1.29, 1.82) is 0 Å². The van der Waals surface area contributed by atoms with Gasteiger partial charge in [0.2, 0.25) is 15.9 Å². The molecule has 0 unspecified atom stereocenters. The van der Waals surface area contributed by atoms with E-state index in [2.05, 4.69) is 5.32 Å². The van der Waals surface area contributed by atoms with Crippen molar-refractivity contribution in [1.82, 2.24) is 5.32 Å². The third-order valence-electron chi connectivity index (χ3n) is 4.55. The second-order valence-corrected chi connectivity index (χ2v) is 8.68. The van der Waals surface area contributed by atoms with Crippen molar-refractivity contribution in [3.05, 3.63) is 29.3 Å². The Labute approximate surface area is 145 Å². The molecule has 24 heavy (non-hydrogen) atoms. The van der Waals surface area contributed by atoms with Crippen LogP contribution in [-0.4, -0.2) is 33.2 Å². The number of carbonyl (C=O) groups is 1. The Balaban J connectivity index is 2.04. The van der Waals surface area contributed by atoms with Gasteiger partial charge in [0.15, 0.2) is 0 Å². The van der Waals surface area contributed by atoms with E-state index in [1.807, 2.05) is 32.0 Å². The molecule has 6 heteroatoms. The van der Waals surface area contributed by atoms with Crippen LogP contribution in [0.1, 0.15) is 49.7 Å². The highest BCUT2D eigenvalue weighted by Crippen LogP contribution is 2.24. The number of aryl methyl sites for hydroxylation is 2. The van der Waals surface area contributed by atoms with Crippen LogP contribution in [-0.2, 0) is 14.8 Å². The summed E-state index contributed by atoms with van der Waals surface area (Å²) in [6, 6.07) is 5.97. The number of amides is 1. The summed E-state index contributed by atoms with van der Waals surface area (Å²) in [5, 5.41) is 3.04. The fourth-order valence-corrected chi connectivity index (χ4v) is 4.18. The van der Waals surface area contributed by atoms with Crippen LogP contribution in [0.4, 0.5) is 5.69 Å². The van der Waals surface area contributed by atoms with Gasteiger partial charge >= 0.3 is 0 Å². The van der Waals surface area contributed by atoms with E-state index >= 15 is 0 Å². The molecule has 0 bridgehead atoms. The average molecular weight is 353 g/mol. The highest BCUT2D eigenvalue weighted by atomic mass is 32.2. The van der Waals surface area contributed by atoms with E-state index in [0.717, 1.165) is 36.8 Å². The van der Waals surface area contributed by atoms with Crippen molar-refractivity contribution in [2.75, 3.05) is 17.1 Å². The van der Waals surface area contributed by atoms with Crippen LogP contribution in [0.15, 0.2) is 18.2 Å². The van der Waals surface area contributed by atoms with E-state index in [9.17, 15) is 13.2 Å². The minimum Gasteiger partial charge on any atom is -0.353 e. The molecule has 1 aromatic carbocycles. The maximum Gasteiger partial charge on any atom is 0.232 e. The molecule has 2 rings (SSSR count). The summed E-state index contributed by atoms with van der Waals surface area (Å²) in [5.74, 6) is -0.0687. The van der Waals surface area contributed by atoms with Gasteiger partial charge in [0, 0.05) is 19.0 Å². The molecule has 1 aliphatic carbocycles. The van der Waals surface area contributed by atoms with Gasteiger partial charge in [-0.3, -0.25) is 9.10 Å². The number of hydrogen-bond acceptors (Lipinski definition) is 3. The Kier molecular flexibility index (Phi) is 6.27. The lowest BCUT2D eigenvalue weighted by molar-refractivity contribution is -0.121. The zero-order chi connectivity index (χ0) is 17.7. The Bertz CT molecular complexity index is 680. The van der Waals surface area contributed by atoms with Crippen molar-refractivity contribution in [3.8, 4) is 0 Å². The van der Waals surface area contributed by atoms with Gasteiger partial charge in [-0.05, 0) is 43.9 Å². The summed E-state index contributed by atoms with van der Waals surface area (Å²) in [6.07, 6.45) is 6.97. The summed E-state index contributed by atoms with van der Waals surface area (Å²) in [4.78, 5) is 12.2. The van der Waals surface area contributed by atoms with Gasteiger partial charge in [0.1, 0.15) is 0 Å². The van der Waals surface area contributed by atoms with E-state index in [-0.39, 0.29) is 24.9 Å². The minimum absolute atomic E-state index is 0.0687. The van der Waals surface area contributed by atoms with Crippen LogP contribution in [0.25, 0.3) is 0 Å². The fraction of sp³-hybridized carbons (Fsp3) is 0.611. The molecule has 1 aromatic rings. The van der Waals surface area contributed by atoms with Crippen molar-refractivity contribution in [2.24, 2.45) is 0 Å². The van der Waals surface area contributed by atoms with Gasteiger partial charge in [0.25, 0.3) is 0 Å². The van der Waals surface area contributed by atoms with Crippen molar-refractivity contribution in [2.45, 2.75) is 58.4 Å². The summed E-state index contributed by atoms with van der Waals surface area (Å²) in [7, 11) is -3.43. The van der Waals surface area contributed by atoms with E-state index < -0.39 is 10.0 Å². The lowest BCUT2D eigenvalue weighted by Crippen LogP contribution is -2.39. The molecule has 0 atom stereocenters. The second kappa shape index (κ2) is 8.01. The SMILES string of the molecule is Cc1ccc(C)c(N(CCC(=O)NC2CCCCC2)S(C)(=O)=O)c1.